The Hall–Kier alpha value is -1.67. The largest absolute Gasteiger partial charge is 0.494 e. The molecular formula is C14H15F2NO2. The van der Waals surface area contributed by atoms with Crippen LogP contribution in [0.25, 0.3) is 0 Å². The zero-order valence-electron chi connectivity index (χ0n) is 10.9. The highest BCUT2D eigenvalue weighted by atomic mass is 19.1. The van der Waals surface area contributed by atoms with Crippen molar-refractivity contribution in [2.24, 2.45) is 5.92 Å². The van der Waals surface area contributed by atoms with Crippen LogP contribution < -0.4 is 4.74 Å². The van der Waals surface area contributed by atoms with E-state index in [4.69, 9.17) is 9.47 Å². The van der Waals surface area contributed by atoms with Crippen LogP contribution in [-0.4, -0.2) is 20.3 Å². The molecule has 0 aliphatic carbocycles. The van der Waals surface area contributed by atoms with Gasteiger partial charge in [-0.05, 0) is 12.5 Å². The first-order valence-electron chi connectivity index (χ1n) is 6.10. The molecule has 2 rings (SSSR count). The Morgan fingerprint density at radius 1 is 1.42 bits per heavy atom. The van der Waals surface area contributed by atoms with Crippen molar-refractivity contribution in [3.8, 4) is 11.8 Å². The fourth-order valence-corrected chi connectivity index (χ4v) is 2.54. The van der Waals surface area contributed by atoms with Crippen LogP contribution in [0.4, 0.5) is 8.78 Å². The summed E-state index contributed by atoms with van der Waals surface area (Å²) in [5.41, 5.74) is -0.550. The molecule has 1 atom stereocenters. The summed E-state index contributed by atoms with van der Waals surface area (Å²) in [4.78, 5) is 0. The standard InChI is InChI=1S/C14H15F2NO2/c1-3-9(6-17)14(7-19-8-14)10-4-12(16)13(18-2)5-11(10)15/h4-5,9H,3,7-8H2,1-2H3. The smallest absolute Gasteiger partial charge is 0.165 e. The van der Waals surface area contributed by atoms with Crippen molar-refractivity contribution in [2.75, 3.05) is 20.3 Å². The van der Waals surface area contributed by atoms with E-state index in [2.05, 4.69) is 6.07 Å². The Kier molecular flexibility index (Phi) is 3.72. The van der Waals surface area contributed by atoms with Crippen LogP contribution in [0.1, 0.15) is 18.9 Å². The van der Waals surface area contributed by atoms with Crippen molar-refractivity contribution in [2.45, 2.75) is 18.8 Å². The summed E-state index contributed by atoms with van der Waals surface area (Å²) in [6, 6.07) is 4.31. The summed E-state index contributed by atoms with van der Waals surface area (Å²) in [5, 5.41) is 9.20. The molecule has 1 aromatic carbocycles. The highest BCUT2D eigenvalue weighted by Crippen LogP contribution is 2.43. The average Bonchev–Trinajstić information content (AvgIpc) is 2.36. The molecule has 1 heterocycles. The molecule has 0 amide bonds. The van der Waals surface area contributed by atoms with E-state index >= 15 is 0 Å². The highest BCUT2D eigenvalue weighted by molar-refractivity contribution is 5.38. The van der Waals surface area contributed by atoms with Crippen molar-refractivity contribution in [3.63, 3.8) is 0 Å². The minimum Gasteiger partial charge on any atom is -0.494 e. The molecule has 1 saturated heterocycles. The van der Waals surface area contributed by atoms with Crippen LogP contribution in [0.3, 0.4) is 0 Å². The van der Waals surface area contributed by atoms with Gasteiger partial charge in [-0.1, -0.05) is 6.92 Å². The van der Waals surface area contributed by atoms with Gasteiger partial charge in [0.25, 0.3) is 0 Å². The molecule has 1 unspecified atom stereocenters. The van der Waals surface area contributed by atoms with E-state index in [0.717, 1.165) is 12.1 Å². The zero-order chi connectivity index (χ0) is 14.0. The number of benzene rings is 1. The Morgan fingerprint density at radius 2 is 2.11 bits per heavy atom. The van der Waals surface area contributed by atoms with Crippen molar-refractivity contribution in [1.82, 2.24) is 0 Å². The number of nitriles is 1. The van der Waals surface area contributed by atoms with Crippen LogP contribution in [0.15, 0.2) is 12.1 Å². The first-order chi connectivity index (χ1) is 9.08. The SMILES string of the molecule is CCC(C#N)C1(c2cc(F)c(OC)cc2F)COC1. The van der Waals surface area contributed by atoms with Gasteiger partial charge >= 0.3 is 0 Å². The minimum atomic E-state index is -0.749. The summed E-state index contributed by atoms with van der Waals surface area (Å²) >= 11 is 0. The lowest BCUT2D eigenvalue weighted by molar-refractivity contribution is -0.0822. The second-order valence-corrected chi connectivity index (χ2v) is 4.71. The van der Waals surface area contributed by atoms with Crippen molar-refractivity contribution in [3.05, 3.63) is 29.3 Å². The summed E-state index contributed by atoms with van der Waals surface area (Å²) < 4.78 is 37.8. The molecule has 102 valence electrons. The summed E-state index contributed by atoms with van der Waals surface area (Å²) in [6.45, 7) is 2.33. The van der Waals surface area contributed by atoms with E-state index in [1.165, 1.54) is 7.11 Å². The van der Waals surface area contributed by atoms with Crippen molar-refractivity contribution < 1.29 is 18.3 Å². The average molecular weight is 267 g/mol. The molecule has 0 aromatic heterocycles. The maximum absolute atomic E-state index is 14.2. The lowest BCUT2D eigenvalue weighted by Crippen LogP contribution is -2.52. The third-order valence-electron chi connectivity index (χ3n) is 3.73. The van der Waals surface area contributed by atoms with Gasteiger partial charge in [-0.3, -0.25) is 0 Å². The monoisotopic (exact) mass is 267 g/mol. The third-order valence-corrected chi connectivity index (χ3v) is 3.73. The molecule has 5 heteroatoms. The number of rotatable bonds is 4. The van der Waals surface area contributed by atoms with E-state index in [1.54, 1.807) is 0 Å². The molecule has 0 spiro atoms. The van der Waals surface area contributed by atoms with E-state index in [1.807, 2.05) is 6.92 Å². The van der Waals surface area contributed by atoms with E-state index in [-0.39, 0.29) is 24.5 Å². The topological polar surface area (TPSA) is 42.2 Å². The molecule has 0 N–H and O–H groups in total. The van der Waals surface area contributed by atoms with Crippen molar-refractivity contribution in [1.29, 1.82) is 5.26 Å². The maximum Gasteiger partial charge on any atom is 0.165 e. The number of hydrogen-bond donors (Lipinski definition) is 0. The quantitative estimate of drug-likeness (QED) is 0.842. The first kappa shape index (κ1) is 13.8. The fraction of sp³-hybridized carbons (Fsp3) is 0.500. The number of ether oxygens (including phenoxy) is 2. The molecule has 0 bridgehead atoms. The third kappa shape index (κ3) is 2.06. The van der Waals surface area contributed by atoms with Gasteiger partial charge in [0.05, 0.1) is 37.7 Å². The molecular weight excluding hydrogens is 252 g/mol. The fourth-order valence-electron chi connectivity index (χ4n) is 2.54. The molecule has 0 radical (unpaired) electrons. The summed E-state index contributed by atoms with van der Waals surface area (Å²) in [6.07, 6.45) is 0.562. The molecule has 1 aliphatic rings. The number of nitrogens with zero attached hydrogens (tertiary/aromatic N) is 1. The second-order valence-electron chi connectivity index (χ2n) is 4.71. The van der Waals surface area contributed by atoms with Gasteiger partial charge in [0.2, 0.25) is 0 Å². The first-order valence-corrected chi connectivity index (χ1v) is 6.10. The molecule has 1 aliphatic heterocycles. The Bertz CT molecular complexity index is 521. The van der Waals surface area contributed by atoms with E-state index in [9.17, 15) is 14.0 Å². The Balaban J connectivity index is 2.51. The van der Waals surface area contributed by atoms with Gasteiger partial charge < -0.3 is 9.47 Å². The Labute approximate surface area is 110 Å². The number of hydrogen-bond acceptors (Lipinski definition) is 3. The van der Waals surface area contributed by atoms with Gasteiger partial charge in [-0.25, -0.2) is 8.78 Å². The van der Waals surface area contributed by atoms with E-state index in [0.29, 0.717) is 6.42 Å². The van der Waals surface area contributed by atoms with Gasteiger partial charge in [-0.2, -0.15) is 5.26 Å². The number of halogens is 2. The maximum atomic E-state index is 14.2. The minimum absolute atomic E-state index is 0.137. The van der Waals surface area contributed by atoms with Crippen LogP contribution in [0.2, 0.25) is 0 Å². The van der Waals surface area contributed by atoms with Gasteiger partial charge in [0, 0.05) is 11.6 Å². The zero-order valence-corrected chi connectivity index (χ0v) is 10.9. The molecule has 19 heavy (non-hydrogen) atoms. The number of methoxy groups -OCH3 is 1. The molecule has 1 aromatic rings. The molecule has 1 fully saturated rings. The molecule has 3 nitrogen and oxygen atoms in total. The highest BCUT2D eigenvalue weighted by Gasteiger charge is 2.48. The second kappa shape index (κ2) is 5.14. The van der Waals surface area contributed by atoms with Crippen LogP contribution in [0.5, 0.6) is 5.75 Å². The normalized spacial score (nSPS) is 18.3. The predicted octanol–water partition coefficient (Wildman–Crippen LogP) is 2.79. The van der Waals surface area contributed by atoms with Crippen LogP contribution >= 0.6 is 0 Å². The lowest BCUT2D eigenvalue weighted by Gasteiger charge is -2.45. The Morgan fingerprint density at radius 3 is 2.53 bits per heavy atom. The summed E-state index contributed by atoms with van der Waals surface area (Å²) in [7, 11) is 1.28. The predicted molar refractivity (Wildman–Crippen MR) is 64.8 cm³/mol. The lowest BCUT2D eigenvalue weighted by atomic mass is 9.68. The van der Waals surface area contributed by atoms with Crippen LogP contribution in [0, 0.1) is 28.9 Å². The van der Waals surface area contributed by atoms with Crippen molar-refractivity contribution >= 4 is 0 Å². The van der Waals surface area contributed by atoms with E-state index < -0.39 is 23.0 Å². The van der Waals surface area contributed by atoms with Gasteiger partial charge in [-0.15, -0.1) is 0 Å². The summed E-state index contributed by atoms with van der Waals surface area (Å²) in [5.74, 6) is -1.72. The van der Waals surface area contributed by atoms with Gasteiger partial charge in [0.15, 0.2) is 11.6 Å². The molecule has 0 saturated carbocycles. The van der Waals surface area contributed by atoms with Gasteiger partial charge in [0.1, 0.15) is 5.82 Å². The van der Waals surface area contributed by atoms with Crippen LogP contribution in [-0.2, 0) is 10.2 Å².